The van der Waals surface area contributed by atoms with Crippen LogP contribution in [0.25, 0.3) is 10.8 Å². The van der Waals surface area contributed by atoms with E-state index in [4.69, 9.17) is 13.9 Å². The van der Waals surface area contributed by atoms with Gasteiger partial charge in [0.15, 0.2) is 5.82 Å². The summed E-state index contributed by atoms with van der Waals surface area (Å²) in [5.74, 6) is 2.30. The minimum absolute atomic E-state index is 0.112. The molecule has 4 aromatic rings. The fourth-order valence-electron chi connectivity index (χ4n) is 3.10. The minimum atomic E-state index is -0.207. The van der Waals surface area contributed by atoms with E-state index in [0.717, 1.165) is 40.5 Å². The monoisotopic (exact) mass is 438 g/mol. The number of hydrogen-bond donors (Lipinski definition) is 2. The summed E-state index contributed by atoms with van der Waals surface area (Å²) in [4.78, 5) is 17.6. The number of amides is 1. The fourth-order valence-corrected chi connectivity index (χ4v) is 3.75. The maximum Gasteiger partial charge on any atom is 0.236 e. The van der Waals surface area contributed by atoms with Crippen LogP contribution < -0.4 is 14.8 Å². The highest BCUT2D eigenvalue weighted by atomic mass is 32.1. The highest BCUT2D eigenvalue weighted by Crippen LogP contribution is 2.25. The van der Waals surface area contributed by atoms with E-state index < -0.39 is 0 Å². The van der Waals surface area contributed by atoms with Gasteiger partial charge in [-0.25, -0.2) is 4.98 Å². The summed E-state index contributed by atoms with van der Waals surface area (Å²) in [6, 6.07) is 11.5. The summed E-state index contributed by atoms with van der Waals surface area (Å²) in [6.45, 7) is 0. The van der Waals surface area contributed by atoms with Crippen molar-refractivity contribution in [3.63, 3.8) is 0 Å². The van der Waals surface area contributed by atoms with Gasteiger partial charge in [-0.05, 0) is 42.0 Å². The number of H-pyrrole nitrogens is 1. The van der Waals surface area contributed by atoms with Crippen LogP contribution in [0.3, 0.4) is 0 Å². The van der Waals surface area contributed by atoms with Gasteiger partial charge in [-0.3, -0.25) is 9.89 Å². The van der Waals surface area contributed by atoms with Crippen molar-refractivity contribution in [3.8, 4) is 22.3 Å². The summed E-state index contributed by atoms with van der Waals surface area (Å²) in [7, 11) is 3.26. The number of anilines is 1. The average molecular weight is 439 g/mol. The third-order valence-corrected chi connectivity index (χ3v) is 5.48. The van der Waals surface area contributed by atoms with Gasteiger partial charge in [0.25, 0.3) is 0 Å². The molecule has 1 amide bonds. The number of aromatic amines is 1. The van der Waals surface area contributed by atoms with E-state index in [9.17, 15) is 4.79 Å². The van der Waals surface area contributed by atoms with Crippen LogP contribution in [-0.2, 0) is 24.1 Å². The van der Waals surface area contributed by atoms with Crippen LogP contribution in [0.1, 0.15) is 17.0 Å². The third-order valence-electron chi connectivity index (χ3n) is 4.62. The second-order valence-electron chi connectivity index (χ2n) is 6.85. The molecule has 0 saturated carbocycles. The highest BCUT2D eigenvalue weighted by molar-refractivity contribution is 7.13. The normalized spacial score (nSPS) is 10.8. The van der Waals surface area contributed by atoms with E-state index in [1.165, 1.54) is 17.6 Å². The topological polar surface area (TPSA) is 102 Å². The summed E-state index contributed by atoms with van der Waals surface area (Å²) in [5, 5.41) is 11.9. The van der Waals surface area contributed by atoms with Crippen molar-refractivity contribution in [2.75, 3.05) is 19.5 Å². The largest absolute Gasteiger partial charge is 0.497 e. The summed E-state index contributed by atoms with van der Waals surface area (Å²) < 4.78 is 16.1. The molecular formula is C22H22N4O4S. The molecule has 0 unspecified atom stereocenters. The highest BCUT2D eigenvalue weighted by Gasteiger charge is 2.13. The average Bonchev–Trinajstić information content (AvgIpc) is 3.54. The Labute approximate surface area is 183 Å². The predicted octanol–water partition coefficient (Wildman–Crippen LogP) is 4.11. The van der Waals surface area contributed by atoms with Gasteiger partial charge in [-0.2, -0.15) is 5.10 Å². The van der Waals surface area contributed by atoms with E-state index >= 15 is 0 Å². The van der Waals surface area contributed by atoms with Crippen molar-refractivity contribution in [1.29, 1.82) is 0 Å². The number of carbonyl (C=O) groups excluding carboxylic acids is 1. The predicted molar refractivity (Wildman–Crippen MR) is 118 cm³/mol. The van der Waals surface area contributed by atoms with Gasteiger partial charge in [-0.1, -0.05) is 6.07 Å². The Morgan fingerprint density at radius 3 is 2.68 bits per heavy atom. The van der Waals surface area contributed by atoms with Gasteiger partial charge in [0.05, 0.1) is 31.2 Å². The van der Waals surface area contributed by atoms with Crippen LogP contribution in [0.4, 0.5) is 5.82 Å². The van der Waals surface area contributed by atoms with E-state index in [1.54, 1.807) is 14.2 Å². The van der Waals surface area contributed by atoms with Gasteiger partial charge in [0, 0.05) is 17.8 Å². The quantitative estimate of drug-likeness (QED) is 0.408. The first kappa shape index (κ1) is 20.7. The lowest BCUT2D eigenvalue weighted by molar-refractivity contribution is -0.115. The standard InChI is InChI=1S/C22H22N4O4S/c1-28-17-8-14(9-18(12-17)29-2)5-6-15-10-20(26-25-15)24-21(27)11-16-13-30-22(23-16)19-4-3-7-31-19/h3-4,7-10,12-13H,5-6,11H2,1-2H3,(H2,24,25,26,27). The number of benzene rings is 1. The number of aryl methyl sites for hydroxylation is 2. The summed E-state index contributed by atoms with van der Waals surface area (Å²) >= 11 is 1.54. The van der Waals surface area contributed by atoms with Crippen molar-refractivity contribution >= 4 is 23.1 Å². The zero-order chi connectivity index (χ0) is 21.6. The molecule has 0 aliphatic carbocycles. The Balaban J connectivity index is 1.31. The number of rotatable bonds is 9. The molecular weight excluding hydrogens is 416 g/mol. The second kappa shape index (κ2) is 9.48. The van der Waals surface area contributed by atoms with Crippen molar-refractivity contribution in [2.24, 2.45) is 0 Å². The number of nitrogens with zero attached hydrogens (tertiary/aromatic N) is 2. The molecule has 2 N–H and O–H groups in total. The molecule has 3 heterocycles. The molecule has 0 atom stereocenters. The Hall–Kier alpha value is -3.59. The molecule has 0 aliphatic heterocycles. The van der Waals surface area contributed by atoms with Gasteiger partial charge >= 0.3 is 0 Å². The molecule has 9 heteroatoms. The molecule has 3 aromatic heterocycles. The minimum Gasteiger partial charge on any atom is -0.497 e. The zero-order valence-corrected chi connectivity index (χ0v) is 18.0. The number of hydrogen-bond acceptors (Lipinski definition) is 7. The summed E-state index contributed by atoms with van der Waals surface area (Å²) in [5.41, 5.74) is 2.58. The van der Waals surface area contributed by atoms with Crippen LogP contribution in [0.15, 0.2) is 52.5 Å². The van der Waals surface area contributed by atoms with Crippen molar-refractivity contribution in [2.45, 2.75) is 19.3 Å². The molecule has 0 saturated heterocycles. The smallest absolute Gasteiger partial charge is 0.236 e. The molecule has 0 spiro atoms. The van der Waals surface area contributed by atoms with E-state index in [2.05, 4.69) is 20.5 Å². The molecule has 8 nitrogen and oxygen atoms in total. The Morgan fingerprint density at radius 2 is 1.97 bits per heavy atom. The maximum absolute atomic E-state index is 12.3. The first-order valence-corrected chi connectivity index (χ1v) is 10.6. The van der Waals surface area contributed by atoms with Crippen molar-refractivity contribution in [1.82, 2.24) is 15.2 Å². The molecule has 0 aliphatic rings. The molecule has 0 radical (unpaired) electrons. The van der Waals surface area contributed by atoms with E-state index in [1.807, 2.05) is 41.8 Å². The Morgan fingerprint density at radius 1 is 1.16 bits per heavy atom. The number of aromatic nitrogens is 3. The van der Waals surface area contributed by atoms with Crippen LogP contribution in [0, 0.1) is 0 Å². The van der Waals surface area contributed by atoms with E-state index in [0.29, 0.717) is 17.4 Å². The number of nitrogens with one attached hydrogen (secondary N) is 2. The van der Waals surface area contributed by atoms with Gasteiger partial charge < -0.3 is 19.2 Å². The van der Waals surface area contributed by atoms with Gasteiger partial charge in [0.2, 0.25) is 11.8 Å². The molecule has 160 valence electrons. The number of methoxy groups -OCH3 is 2. The SMILES string of the molecule is COc1cc(CCc2cc(NC(=O)Cc3coc(-c4cccs4)n3)n[nH]2)cc(OC)c1. The van der Waals surface area contributed by atoms with Gasteiger partial charge in [0.1, 0.15) is 17.8 Å². The lowest BCUT2D eigenvalue weighted by Crippen LogP contribution is -2.14. The van der Waals surface area contributed by atoms with Crippen LogP contribution in [0.2, 0.25) is 0 Å². The molecule has 0 bridgehead atoms. The third kappa shape index (κ3) is 5.32. The van der Waals surface area contributed by atoms with E-state index in [-0.39, 0.29) is 12.3 Å². The van der Waals surface area contributed by atoms with Crippen LogP contribution >= 0.6 is 11.3 Å². The summed E-state index contributed by atoms with van der Waals surface area (Å²) in [6.07, 6.45) is 3.12. The number of thiophene rings is 1. The first-order valence-electron chi connectivity index (χ1n) is 9.67. The lowest BCUT2D eigenvalue weighted by Gasteiger charge is -2.07. The molecule has 4 rings (SSSR count). The zero-order valence-electron chi connectivity index (χ0n) is 17.2. The lowest BCUT2D eigenvalue weighted by atomic mass is 10.1. The van der Waals surface area contributed by atoms with Gasteiger partial charge in [-0.15, -0.1) is 11.3 Å². The number of oxazole rings is 1. The fraction of sp³-hybridized carbons (Fsp3) is 0.227. The van der Waals surface area contributed by atoms with Crippen molar-refractivity contribution in [3.05, 3.63) is 65.0 Å². The Bertz CT molecular complexity index is 1130. The maximum atomic E-state index is 12.3. The molecule has 0 fully saturated rings. The Kier molecular flexibility index (Phi) is 6.32. The second-order valence-corrected chi connectivity index (χ2v) is 7.79. The van der Waals surface area contributed by atoms with Crippen LogP contribution in [0.5, 0.6) is 11.5 Å². The molecule has 31 heavy (non-hydrogen) atoms. The van der Waals surface area contributed by atoms with Crippen molar-refractivity contribution < 1.29 is 18.7 Å². The molecule has 1 aromatic carbocycles. The number of carbonyl (C=O) groups is 1. The first-order chi connectivity index (χ1) is 15.1. The van der Waals surface area contributed by atoms with Crippen LogP contribution in [-0.4, -0.2) is 35.3 Å². The number of ether oxygens (including phenoxy) is 2.